The van der Waals surface area contributed by atoms with Gasteiger partial charge in [0.15, 0.2) is 0 Å². The topological polar surface area (TPSA) is 24.9 Å². The SMILES string of the molecule is Fc1cccc(NCc2cccc(Cl)c2Cl)n1. The monoisotopic (exact) mass is 270 g/mol. The summed E-state index contributed by atoms with van der Waals surface area (Å²) in [6, 6.07) is 9.93. The second-order valence-corrected chi connectivity index (χ2v) is 4.20. The van der Waals surface area contributed by atoms with E-state index < -0.39 is 5.95 Å². The second-order valence-electron chi connectivity index (χ2n) is 3.41. The molecule has 0 amide bonds. The van der Waals surface area contributed by atoms with E-state index >= 15 is 0 Å². The summed E-state index contributed by atoms with van der Waals surface area (Å²) in [6.07, 6.45) is 0. The van der Waals surface area contributed by atoms with Crippen LogP contribution < -0.4 is 5.32 Å². The largest absolute Gasteiger partial charge is 0.366 e. The highest BCUT2D eigenvalue weighted by molar-refractivity contribution is 6.42. The zero-order valence-electron chi connectivity index (χ0n) is 8.75. The van der Waals surface area contributed by atoms with E-state index in [1.54, 1.807) is 18.2 Å². The molecule has 2 aromatic rings. The average Bonchev–Trinajstić information content (AvgIpc) is 2.31. The van der Waals surface area contributed by atoms with Gasteiger partial charge in [0, 0.05) is 6.54 Å². The van der Waals surface area contributed by atoms with Crippen molar-refractivity contribution in [1.29, 1.82) is 0 Å². The lowest BCUT2D eigenvalue weighted by Crippen LogP contribution is -2.02. The molecule has 0 atom stereocenters. The molecule has 1 heterocycles. The number of halogens is 3. The van der Waals surface area contributed by atoms with Crippen molar-refractivity contribution in [3.63, 3.8) is 0 Å². The van der Waals surface area contributed by atoms with E-state index in [0.717, 1.165) is 5.56 Å². The van der Waals surface area contributed by atoms with E-state index in [-0.39, 0.29) is 0 Å². The molecule has 0 unspecified atom stereocenters. The third-order valence-corrected chi connectivity index (χ3v) is 3.06. The molecule has 0 spiro atoms. The van der Waals surface area contributed by atoms with Crippen LogP contribution in [0.1, 0.15) is 5.56 Å². The van der Waals surface area contributed by atoms with Crippen LogP contribution in [0.25, 0.3) is 0 Å². The standard InChI is InChI=1S/C12H9Cl2FN2/c13-9-4-1-3-8(12(9)14)7-16-11-6-2-5-10(15)17-11/h1-6H,7H2,(H,16,17). The van der Waals surface area contributed by atoms with Crippen LogP contribution in [0, 0.1) is 5.95 Å². The van der Waals surface area contributed by atoms with Gasteiger partial charge in [0.1, 0.15) is 5.82 Å². The lowest BCUT2D eigenvalue weighted by Gasteiger charge is -2.08. The summed E-state index contributed by atoms with van der Waals surface area (Å²) < 4.78 is 12.8. The molecule has 0 aliphatic carbocycles. The van der Waals surface area contributed by atoms with Gasteiger partial charge in [-0.2, -0.15) is 4.39 Å². The van der Waals surface area contributed by atoms with E-state index in [9.17, 15) is 4.39 Å². The summed E-state index contributed by atoms with van der Waals surface area (Å²) in [5.41, 5.74) is 0.838. The summed E-state index contributed by atoms with van der Waals surface area (Å²) in [5.74, 6) is -0.0618. The molecule has 0 saturated carbocycles. The van der Waals surface area contributed by atoms with Crippen molar-refractivity contribution >= 4 is 29.0 Å². The lowest BCUT2D eigenvalue weighted by atomic mass is 10.2. The fraction of sp³-hybridized carbons (Fsp3) is 0.0833. The first-order chi connectivity index (χ1) is 8.16. The van der Waals surface area contributed by atoms with Gasteiger partial charge in [-0.15, -0.1) is 0 Å². The van der Waals surface area contributed by atoms with Gasteiger partial charge in [0.2, 0.25) is 5.95 Å². The molecule has 1 N–H and O–H groups in total. The van der Waals surface area contributed by atoms with Gasteiger partial charge in [-0.3, -0.25) is 0 Å². The van der Waals surface area contributed by atoms with Crippen LogP contribution >= 0.6 is 23.2 Å². The van der Waals surface area contributed by atoms with Gasteiger partial charge in [-0.05, 0) is 23.8 Å². The molecule has 5 heteroatoms. The number of nitrogens with zero attached hydrogens (tertiary/aromatic N) is 1. The number of hydrogen-bond acceptors (Lipinski definition) is 2. The minimum atomic E-state index is -0.521. The van der Waals surface area contributed by atoms with Crippen LogP contribution in [0.3, 0.4) is 0 Å². The molecule has 2 rings (SSSR count). The van der Waals surface area contributed by atoms with E-state index in [2.05, 4.69) is 10.3 Å². The fourth-order valence-corrected chi connectivity index (χ4v) is 1.76. The van der Waals surface area contributed by atoms with Crippen LogP contribution in [-0.4, -0.2) is 4.98 Å². The molecular formula is C12H9Cl2FN2. The molecule has 0 aliphatic rings. The van der Waals surface area contributed by atoms with E-state index in [1.165, 1.54) is 6.07 Å². The zero-order chi connectivity index (χ0) is 12.3. The number of pyridine rings is 1. The Bertz CT molecular complexity index is 532. The normalized spacial score (nSPS) is 10.3. The van der Waals surface area contributed by atoms with Gasteiger partial charge in [0.05, 0.1) is 10.0 Å². The highest BCUT2D eigenvalue weighted by atomic mass is 35.5. The summed E-state index contributed by atoms with van der Waals surface area (Å²) in [5, 5.41) is 3.97. The van der Waals surface area contributed by atoms with Crippen LogP contribution in [-0.2, 0) is 6.54 Å². The first-order valence-corrected chi connectivity index (χ1v) is 5.72. The first-order valence-electron chi connectivity index (χ1n) is 4.96. The van der Waals surface area contributed by atoms with Crippen molar-refractivity contribution in [2.24, 2.45) is 0 Å². The van der Waals surface area contributed by atoms with Gasteiger partial charge >= 0.3 is 0 Å². The molecule has 88 valence electrons. The van der Waals surface area contributed by atoms with Crippen molar-refractivity contribution in [3.05, 3.63) is 58.0 Å². The molecule has 17 heavy (non-hydrogen) atoms. The number of hydrogen-bond donors (Lipinski definition) is 1. The number of aromatic nitrogens is 1. The molecule has 0 fully saturated rings. The molecule has 0 radical (unpaired) electrons. The van der Waals surface area contributed by atoms with Gasteiger partial charge in [-0.25, -0.2) is 4.98 Å². The average molecular weight is 271 g/mol. The van der Waals surface area contributed by atoms with Crippen LogP contribution in [0.5, 0.6) is 0 Å². The summed E-state index contributed by atoms with van der Waals surface area (Å²) in [7, 11) is 0. The quantitative estimate of drug-likeness (QED) is 0.848. The van der Waals surface area contributed by atoms with Crippen molar-refractivity contribution in [2.75, 3.05) is 5.32 Å². The molecule has 0 aliphatic heterocycles. The van der Waals surface area contributed by atoms with Gasteiger partial charge in [0.25, 0.3) is 0 Å². The van der Waals surface area contributed by atoms with Crippen LogP contribution in [0.15, 0.2) is 36.4 Å². The molecule has 0 saturated heterocycles. The van der Waals surface area contributed by atoms with E-state index in [1.807, 2.05) is 12.1 Å². The minimum Gasteiger partial charge on any atom is -0.366 e. The summed E-state index contributed by atoms with van der Waals surface area (Å²) >= 11 is 11.9. The van der Waals surface area contributed by atoms with Gasteiger partial charge in [-0.1, -0.05) is 41.4 Å². The Morgan fingerprint density at radius 3 is 2.65 bits per heavy atom. The summed E-state index contributed by atoms with van der Waals surface area (Å²) in [4.78, 5) is 3.69. The van der Waals surface area contributed by atoms with Gasteiger partial charge < -0.3 is 5.32 Å². The predicted molar refractivity (Wildman–Crippen MR) is 68.0 cm³/mol. The Kier molecular flexibility index (Phi) is 3.82. The predicted octanol–water partition coefficient (Wildman–Crippen LogP) is 4.14. The Morgan fingerprint density at radius 2 is 1.88 bits per heavy atom. The lowest BCUT2D eigenvalue weighted by molar-refractivity contribution is 0.585. The van der Waals surface area contributed by atoms with Crippen LogP contribution in [0.4, 0.5) is 10.2 Å². The zero-order valence-corrected chi connectivity index (χ0v) is 10.3. The van der Waals surface area contributed by atoms with Crippen molar-refractivity contribution < 1.29 is 4.39 Å². The second kappa shape index (κ2) is 5.34. The Balaban J connectivity index is 2.10. The molecule has 2 nitrogen and oxygen atoms in total. The Labute approximate surface area is 108 Å². The Hall–Kier alpha value is -1.32. The third-order valence-electron chi connectivity index (χ3n) is 2.21. The highest BCUT2D eigenvalue weighted by Crippen LogP contribution is 2.25. The maximum absolute atomic E-state index is 12.8. The van der Waals surface area contributed by atoms with E-state index in [4.69, 9.17) is 23.2 Å². The number of rotatable bonds is 3. The number of nitrogens with one attached hydrogen (secondary N) is 1. The molecule has 1 aromatic heterocycles. The third kappa shape index (κ3) is 3.08. The van der Waals surface area contributed by atoms with Crippen molar-refractivity contribution in [3.8, 4) is 0 Å². The fourth-order valence-electron chi connectivity index (χ4n) is 1.38. The smallest absolute Gasteiger partial charge is 0.214 e. The molecule has 0 bridgehead atoms. The summed E-state index contributed by atoms with van der Waals surface area (Å²) in [6.45, 7) is 0.440. The maximum Gasteiger partial charge on any atom is 0.214 e. The molecule has 1 aromatic carbocycles. The minimum absolute atomic E-state index is 0.440. The number of benzene rings is 1. The highest BCUT2D eigenvalue weighted by Gasteiger charge is 2.04. The van der Waals surface area contributed by atoms with E-state index in [0.29, 0.717) is 22.4 Å². The first kappa shape index (κ1) is 12.1. The molecular weight excluding hydrogens is 262 g/mol. The van der Waals surface area contributed by atoms with Crippen LogP contribution in [0.2, 0.25) is 10.0 Å². The maximum atomic E-state index is 12.8. The number of anilines is 1. The van der Waals surface area contributed by atoms with Crippen molar-refractivity contribution in [2.45, 2.75) is 6.54 Å². The van der Waals surface area contributed by atoms with Crippen molar-refractivity contribution in [1.82, 2.24) is 4.98 Å². The Morgan fingerprint density at radius 1 is 1.12 bits per heavy atom.